The van der Waals surface area contributed by atoms with E-state index in [1.165, 1.54) is 0 Å². The van der Waals surface area contributed by atoms with Crippen LogP contribution in [0.4, 0.5) is 0 Å². The maximum absolute atomic E-state index is 14.5. The molecule has 1 amide bonds. The molecule has 1 heterocycles. The second-order valence-electron chi connectivity index (χ2n) is 12.3. The Balaban J connectivity index is 1.71. The number of carbonyl (C=O) groups is 2. The van der Waals surface area contributed by atoms with Crippen molar-refractivity contribution in [2.75, 3.05) is 41.1 Å². The number of aliphatic hydroxyl groups is 1. The van der Waals surface area contributed by atoms with E-state index in [-0.39, 0.29) is 31.9 Å². The molecule has 3 aromatic rings. The largest absolute Gasteiger partial charge is 0.497 e. The number of benzene rings is 3. The lowest BCUT2D eigenvalue weighted by molar-refractivity contribution is -0.155. The number of ether oxygens (including phenoxy) is 6. The molecule has 0 saturated heterocycles. The van der Waals surface area contributed by atoms with Crippen molar-refractivity contribution in [3.8, 4) is 23.0 Å². The molecule has 0 spiro atoms. The van der Waals surface area contributed by atoms with Crippen molar-refractivity contribution >= 4 is 17.8 Å². The fourth-order valence-electron chi connectivity index (χ4n) is 5.40. The Kier molecular flexibility index (Phi) is 12.3. The summed E-state index contributed by atoms with van der Waals surface area (Å²) in [4.78, 5) is 32.5. The molecule has 4 rings (SSSR count). The predicted octanol–water partition coefficient (Wildman–Crippen LogP) is 5.21. The topological polar surface area (TPSA) is 134 Å². The minimum atomic E-state index is -1.53. The van der Waals surface area contributed by atoms with Crippen LogP contribution < -0.4 is 24.3 Å². The minimum Gasteiger partial charge on any atom is -0.497 e. The first kappa shape index (κ1) is 36.1. The number of amides is 1. The van der Waals surface area contributed by atoms with Crippen molar-refractivity contribution in [3.05, 3.63) is 83.4 Å². The second-order valence-corrected chi connectivity index (χ2v) is 12.3. The van der Waals surface area contributed by atoms with Crippen molar-refractivity contribution in [1.82, 2.24) is 5.32 Å². The predicted molar refractivity (Wildman–Crippen MR) is 181 cm³/mol. The summed E-state index contributed by atoms with van der Waals surface area (Å²) in [5.41, 5.74) is -0.0857. The van der Waals surface area contributed by atoms with Crippen LogP contribution in [-0.2, 0) is 25.5 Å². The number of methoxy groups -OCH3 is 3. The van der Waals surface area contributed by atoms with Crippen LogP contribution in [0.1, 0.15) is 62.8 Å². The van der Waals surface area contributed by atoms with E-state index in [1.54, 1.807) is 78.5 Å². The third kappa shape index (κ3) is 9.19. The van der Waals surface area contributed by atoms with Crippen LogP contribution in [0.3, 0.4) is 0 Å². The van der Waals surface area contributed by atoms with E-state index in [1.807, 2.05) is 30.3 Å². The number of hydrogen-bond acceptors (Lipinski definition) is 10. The molecule has 2 atom stereocenters. The molecule has 0 radical (unpaired) electrons. The molecule has 11 nitrogen and oxygen atoms in total. The molecule has 1 aliphatic rings. The van der Waals surface area contributed by atoms with Gasteiger partial charge in [0, 0.05) is 31.6 Å². The first-order valence-electron chi connectivity index (χ1n) is 16.0. The van der Waals surface area contributed by atoms with Crippen molar-refractivity contribution < 1.29 is 43.1 Å². The first-order valence-corrected chi connectivity index (χ1v) is 16.0. The molecule has 0 fully saturated rings. The number of aliphatic imine (C=N–C) groups is 1. The number of esters is 1. The van der Waals surface area contributed by atoms with Crippen molar-refractivity contribution in [2.45, 2.75) is 63.7 Å². The molecular formula is C37H46N2O9. The Morgan fingerprint density at radius 1 is 0.938 bits per heavy atom. The molecule has 48 heavy (non-hydrogen) atoms. The Morgan fingerprint density at radius 2 is 1.65 bits per heavy atom. The van der Waals surface area contributed by atoms with Gasteiger partial charge in [-0.2, -0.15) is 0 Å². The molecule has 258 valence electrons. The van der Waals surface area contributed by atoms with Crippen LogP contribution in [0.15, 0.2) is 71.7 Å². The van der Waals surface area contributed by atoms with Crippen LogP contribution in [0.25, 0.3) is 0 Å². The standard InChI is InChI=1S/C37H46N2O9/c1-36(2,3)48-32(41)17-19-37(35(42)38-20-18-26-23-30(44-5)15-16-31(26)45-6)33(27-9-7-10-29(24-27)43-4)47-34(39-37)25-11-13-28(14-12-25)46-22-8-21-40/h7,9-16,23-24,33,40H,8,17-22H2,1-6H3,(H,38,42)/t33-,37-/m1/s1. The summed E-state index contributed by atoms with van der Waals surface area (Å²) in [6.45, 7) is 6.06. The summed E-state index contributed by atoms with van der Waals surface area (Å²) in [5, 5.41) is 12.1. The molecule has 2 N–H and O–H groups in total. The van der Waals surface area contributed by atoms with Crippen molar-refractivity contribution in [3.63, 3.8) is 0 Å². The molecule has 0 aliphatic carbocycles. The van der Waals surface area contributed by atoms with Gasteiger partial charge in [0.15, 0.2) is 11.6 Å². The van der Waals surface area contributed by atoms with E-state index >= 15 is 0 Å². The lowest BCUT2D eigenvalue weighted by Gasteiger charge is -2.31. The van der Waals surface area contributed by atoms with Crippen molar-refractivity contribution in [2.24, 2.45) is 4.99 Å². The van der Waals surface area contributed by atoms with Gasteiger partial charge in [-0.3, -0.25) is 9.59 Å². The number of aliphatic hydroxyl groups excluding tert-OH is 1. The Bertz CT molecular complexity index is 1570. The highest BCUT2D eigenvalue weighted by Crippen LogP contribution is 2.44. The number of nitrogens with one attached hydrogen (secondary N) is 1. The summed E-state index contributed by atoms with van der Waals surface area (Å²) < 4.78 is 34.3. The molecule has 0 unspecified atom stereocenters. The average molecular weight is 663 g/mol. The van der Waals surface area contributed by atoms with Gasteiger partial charge >= 0.3 is 5.97 Å². The monoisotopic (exact) mass is 662 g/mol. The third-order valence-electron chi connectivity index (χ3n) is 7.72. The maximum atomic E-state index is 14.5. The first-order chi connectivity index (χ1) is 23.0. The van der Waals surface area contributed by atoms with Gasteiger partial charge in [0.2, 0.25) is 5.90 Å². The molecule has 1 aliphatic heterocycles. The Morgan fingerprint density at radius 3 is 2.31 bits per heavy atom. The molecule has 11 heteroatoms. The number of rotatable bonds is 16. The highest BCUT2D eigenvalue weighted by molar-refractivity contribution is 6.01. The summed E-state index contributed by atoms with van der Waals surface area (Å²) in [6, 6.07) is 19.9. The summed E-state index contributed by atoms with van der Waals surface area (Å²) in [6.07, 6.45) is 0.0145. The number of hydrogen-bond donors (Lipinski definition) is 2. The van der Waals surface area contributed by atoms with Crippen LogP contribution in [0.5, 0.6) is 23.0 Å². The fraction of sp³-hybridized carbons (Fsp3) is 0.432. The summed E-state index contributed by atoms with van der Waals surface area (Å²) >= 11 is 0. The van der Waals surface area contributed by atoms with Gasteiger partial charge in [-0.15, -0.1) is 0 Å². The maximum Gasteiger partial charge on any atom is 0.306 e. The molecule has 0 saturated carbocycles. The lowest BCUT2D eigenvalue weighted by Crippen LogP contribution is -2.49. The van der Waals surface area contributed by atoms with Gasteiger partial charge in [0.1, 0.15) is 28.6 Å². The zero-order chi connectivity index (χ0) is 34.7. The quantitative estimate of drug-likeness (QED) is 0.157. The lowest BCUT2D eigenvalue weighted by atomic mass is 9.83. The van der Waals surface area contributed by atoms with E-state index < -0.39 is 29.1 Å². The summed E-state index contributed by atoms with van der Waals surface area (Å²) in [7, 11) is 4.75. The van der Waals surface area contributed by atoms with Crippen LogP contribution in [-0.4, -0.2) is 75.1 Å². The highest BCUT2D eigenvalue weighted by atomic mass is 16.6. The van der Waals surface area contributed by atoms with E-state index in [4.69, 9.17) is 38.5 Å². The van der Waals surface area contributed by atoms with Gasteiger partial charge in [-0.25, -0.2) is 4.99 Å². The zero-order valence-electron chi connectivity index (χ0n) is 28.5. The second kappa shape index (κ2) is 16.4. The normalized spacial score (nSPS) is 17.1. The molecule has 0 bridgehead atoms. The molecule has 0 aromatic heterocycles. The van der Waals surface area contributed by atoms with E-state index in [0.29, 0.717) is 53.6 Å². The number of nitrogens with zero attached hydrogens (tertiary/aromatic N) is 1. The van der Waals surface area contributed by atoms with Crippen LogP contribution >= 0.6 is 0 Å². The zero-order valence-corrected chi connectivity index (χ0v) is 28.5. The number of carbonyl (C=O) groups excluding carboxylic acids is 2. The van der Waals surface area contributed by atoms with Crippen molar-refractivity contribution in [1.29, 1.82) is 0 Å². The Hall–Kier alpha value is -4.77. The highest BCUT2D eigenvalue weighted by Gasteiger charge is 2.53. The summed E-state index contributed by atoms with van der Waals surface area (Å²) in [5.74, 6) is 1.95. The smallest absolute Gasteiger partial charge is 0.306 e. The fourth-order valence-corrected chi connectivity index (χ4v) is 5.40. The van der Waals surface area contributed by atoms with Crippen LogP contribution in [0, 0.1) is 0 Å². The minimum absolute atomic E-state index is 0.0178. The Labute approximate surface area is 282 Å². The molecular weight excluding hydrogens is 616 g/mol. The van der Waals surface area contributed by atoms with E-state index in [9.17, 15) is 9.59 Å². The van der Waals surface area contributed by atoms with Gasteiger partial charge in [-0.1, -0.05) is 12.1 Å². The average Bonchev–Trinajstić information content (AvgIpc) is 3.48. The van der Waals surface area contributed by atoms with E-state index in [2.05, 4.69) is 5.32 Å². The SMILES string of the molecule is COc1cccc([C@H]2OC(c3ccc(OCCCO)cc3)=N[C@@]2(CCC(=O)OC(C)(C)C)C(=O)NCCc2cc(OC)ccc2OC)c1. The van der Waals surface area contributed by atoms with Gasteiger partial charge in [0.05, 0.1) is 27.9 Å². The van der Waals surface area contributed by atoms with Gasteiger partial charge < -0.3 is 38.8 Å². The van der Waals surface area contributed by atoms with E-state index in [0.717, 1.165) is 5.56 Å². The van der Waals surface area contributed by atoms with Gasteiger partial charge in [-0.05, 0) is 99.3 Å². The van der Waals surface area contributed by atoms with Crippen LogP contribution in [0.2, 0.25) is 0 Å². The molecule has 3 aromatic carbocycles. The van der Waals surface area contributed by atoms with Gasteiger partial charge in [0.25, 0.3) is 5.91 Å². The third-order valence-corrected chi connectivity index (χ3v) is 7.72.